The molecule has 1 aliphatic carbocycles. The number of hydrogen-bond acceptors (Lipinski definition) is 5. The molecule has 5 nitrogen and oxygen atoms in total. The number of benzene rings is 1. The highest BCUT2D eigenvalue weighted by molar-refractivity contribution is 5.61. The molecular weight excluding hydrogens is 388 g/mol. The monoisotopic (exact) mass is 428 g/mol. The van der Waals surface area contributed by atoms with E-state index in [1.54, 1.807) is 0 Å². The molecule has 0 bridgehead atoms. The molecule has 0 saturated carbocycles. The van der Waals surface area contributed by atoms with E-state index >= 15 is 0 Å². The summed E-state index contributed by atoms with van der Waals surface area (Å²) in [5.74, 6) is 1.78. The normalized spacial score (nSPS) is 30.2. The molecule has 1 unspecified atom stereocenters. The fourth-order valence-electron chi connectivity index (χ4n) is 5.49. The van der Waals surface area contributed by atoms with Crippen LogP contribution in [0.1, 0.15) is 69.9 Å². The molecule has 1 aromatic carbocycles. The Bertz CT molecular complexity index is 765. The second-order valence-electron chi connectivity index (χ2n) is 9.75. The zero-order chi connectivity index (χ0) is 21.8. The summed E-state index contributed by atoms with van der Waals surface area (Å²) in [6.07, 6.45) is 11.9. The number of rotatable bonds is 4. The number of nitrogens with one attached hydrogen (secondary N) is 1. The van der Waals surface area contributed by atoms with E-state index in [4.69, 9.17) is 9.47 Å². The van der Waals surface area contributed by atoms with Crippen LogP contribution in [-0.4, -0.2) is 55.0 Å². The smallest absolute Gasteiger partial charge is 0.166 e. The molecule has 172 valence electrons. The van der Waals surface area contributed by atoms with Crippen molar-refractivity contribution in [2.45, 2.75) is 89.1 Å². The molecule has 0 amide bonds. The van der Waals surface area contributed by atoms with Crippen molar-refractivity contribution in [3.05, 3.63) is 35.4 Å². The van der Waals surface area contributed by atoms with Gasteiger partial charge in [0.05, 0.1) is 17.6 Å². The molecule has 31 heavy (non-hydrogen) atoms. The highest BCUT2D eigenvalue weighted by Crippen LogP contribution is 2.55. The second-order valence-corrected chi connectivity index (χ2v) is 9.75. The summed E-state index contributed by atoms with van der Waals surface area (Å²) < 4.78 is 12.7. The SMILES string of the molecule is C1CCNCC1.CCCC(C)Oc1ccc2c3c1O[C@H]1C[C@@H](O)C=C[C@@]31CCN(C)C2. The van der Waals surface area contributed by atoms with E-state index in [1.807, 2.05) is 6.08 Å². The second kappa shape index (κ2) is 9.93. The van der Waals surface area contributed by atoms with Crippen molar-refractivity contribution in [2.75, 3.05) is 26.7 Å². The quantitative estimate of drug-likeness (QED) is 0.705. The lowest BCUT2D eigenvalue weighted by Gasteiger charge is -2.35. The van der Waals surface area contributed by atoms with Gasteiger partial charge < -0.3 is 24.8 Å². The minimum Gasteiger partial charge on any atom is -0.487 e. The fourth-order valence-corrected chi connectivity index (χ4v) is 5.49. The van der Waals surface area contributed by atoms with Gasteiger partial charge in [-0.2, -0.15) is 0 Å². The van der Waals surface area contributed by atoms with E-state index in [1.165, 1.54) is 43.5 Å². The highest BCUT2D eigenvalue weighted by Gasteiger charge is 2.52. The van der Waals surface area contributed by atoms with Crippen LogP contribution in [0.5, 0.6) is 11.5 Å². The van der Waals surface area contributed by atoms with Gasteiger partial charge in [0.25, 0.3) is 0 Å². The molecule has 2 N–H and O–H groups in total. The van der Waals surface area contributed by atoms with Gasteiger partial charge in [0.15, 0.2) is 11.5 Å². The topological polar surface area (TPSA) is 54.0 Å². The lowest BCUT2D eigenvalue weighted by molar-refractivity contribution is 0.0803. The molecule has 0 aromatic heterocycles. The molecule has 0 radical (unpaired) electrons. The van der Waals surface area contributed by atoms with Gasteiger partial charge in [0, 0.05) is 18.5 Å². The van der Waals surface area contributed by atoms with Crippen LogP contribution in [0.4, 0.5) is 0 Å². The molecule has 4 atom stereocenters. The number of ether oxygens (including phenoxy) is 2. The maximum atomic E-state index is 10.1. The van der Waals surface area contributed by atoms with Gasteiger partial charge in [0.2, 0.25) is 0 Å². The van der Waals surface area contributed by atoms with E-state index in [0.29, 0.717) is 6.42 Å². The predicted molar refractivity (Wildman–Crippen MR) is 125 cm³/mol. The first kappa shape index (κ1) is 22.6. The van der Waals surface area contributed by atoms with Crippen LogP contribution in [-0.2, 0) is 12.0 Å². The third-order valence-corrected chi connectivity index (χ3v) is 7.16. The van der Waals surface area contributed by atoms with Gasteiger partial charge in [-0.3, -0.25) is 0 Å². The molecule has 1 spiro atoms. The van der Waals surface area contributed by atoms with Crippen LogP contribution < -0.4 is 14.8 Å². The van der Waals surface area contributed by atoms with Gasteiger partial charge >= 0.3 is 0 Å². The molecule has 1 aromatic rings. The molecule has 5 heteroatoms. The van der Waals surface area contributed by atoms with Gasteiger partial charge in [-0.15, -0.1) is 0 Å². The first-order valence-corrected chi connectivity index (χ1v) is 12.3. The Morgan fingerprint density at radius 2 is 2.10 bits per heavy atom. The number of hydrogen-bond donors (Lipinski definition) is 2. The van der Waals surface area contributed by atoms with Crippen molar-refractivity contribution in [3.8, 4) is 11.5 Å². The molecule has 1 fully saturated rings. The van der Waals surface area contributed by atoms with E-state index in [9.17, 15) is 5.11 Å². The van der Waals surface area contributed by atoms with Crippen LogP contribution in [0.25, 0.3) is 0 Å². The number of aliphatic hydroxyl groups excluding tert-OH is 1. The highest BCUT2D eigenvalue weighted by atomic mass is 16.5. The first-order chi connectivity index (χ1) is 15.0. The lowest BCUT2D eigenvalue weighted by Crippen LogP contribution is -2.42. The number of piperidine rings is 1. The minimum atomic E-state index is -0.419. The van der Waals surface area contributed by atoms with Crippen molar-refractivity contribution >= 4 is 0 Å². The van der Waals surface area contributed by atoms with Crippen LogP contribution in [0.3, 0.4) is 0 Å². The fraction of sp³-hybridized carbons (Fsp3) is 0.692. The van der Waals surface area contributed by atoms with Gasteiger partial charge in [-0.05, 0) is 70.9 Å². The van der Waals surface area contributed by atoms with E-state index < -0.39 is 6.10 Å². The molecule has 4 aliphatic rings. The van der Waals surface area contributed by atoms with Crippen molar-refractivity contribution in [3.63, 3.8) is 0 Å². The van der Waals surface area contributed by atoms with Gasteiger partial charge in [0.1, 0.15) is 6.10 Å². The maximum Gasteiger partial charge on any atom is 0.166 e. The Hall–Kier alpha value is -1.56. The Labute approximate surface area is 187 Å². The summed E-state index contributed by atoms with van der Waals surface area (Å²) in [6, 6.07) is 4.28. The Morgan fingerprint density at radius 3 is 2.77 bits per heavy atom. The van der Waals surface area contributed by atoms with Crippen molar-refractivity contribution < 1.29 is 14.6 Å². The molecule has 5 rings (SSSR count). The molecule has 3 aliphatic heterocycles. The van der Waals surface area contributed by atoms with Crippen molar-refractivity contribution in [1.29, 1.82) is 0 Å². The first-order valence-electron chi connectivity index (χ1n) is 12.3. The number of aliphatic hydroxyl groups is 1. The van der Waals surface area contributed by atoms with Crippen LogP contribution in [0, 0.1) is 0 Å². The third-order valence-electron chi connectivity index (χ3n) is 7.16. The molecule has 3 heterocycles. The summed E-state index contributed by atoms with van der Waals surface area (Å²) >= 11 is 0. The van der Waals surface area contributed by atoms with E-state index in [-0.39, 0.29) is 17.6 Å². The largest absolute Gasteiger partial charge is 0.487 e. The van der Waals surface area contributed by atoms with E-state index in [0.717, 1.165) is 43.9 Å². The standard InChI is InChI=1S/C21H29NO3.C5H11N/c1-4-5-14(2)24-17-7-6-15-13-22(3)11-10-21-9-8-16(23)12-18(21)25-20(17)19(15)21;1-2-4-6-5-3-1/h6-9,14,16,18,23H,4-5,10-13H2,1-3H3;6H,1-5H2/t14?,16-,18-,21-;/m0./s1. The summed E-state index contributed by atoms with van der Waals surface area (Å²) in [4.78, 5) is 2.37. The Morgan fingerprint density at radius 1 is 1.29 bits per heavy atom. The number of nitrogens with zero attached hydrogens (tertiary/aromatic N) is 1. The maximum absolute atomic E-state index is 10.1. The van der Waals surface area contributed by atoms with Gasteiger partial charge in [-0.25, -0.2) is 0 Å². The van der Waals surface area contributed by atoms with Crippen LogP contribution >= 0.6 is 0 Å². The summed E-state index contributed by atoms with van der Waals surface area (Å²) in [5, 5.41) is 13.4. The summed E-state index contributed by atoms with van der Waals surface area (Å²) in [6.45, 7) is 8.76. The minimum absolute atomic E-state index is 0.000943. The zero-order valence-electron chi connectivity index (χ0n) is 19.5. The molecule has 1 saturated heterocycles. The Kier molecular flexibility index (Phi) is 7.25. The van der Waals surface area contributed by atoms with Crippen LogP contribution in [0.2, 0.25) is 0 Å². The van der Waals surface area contributed by atoms with Crippen molar-refractivity contribution in [2.24, 2.45) is 0 Å². The predicted octanol–water partition coefficient (Wildman–Crippen LogP) is 4.17. The molecular formula is C26H40N2O3. The average molecular weight is 429 g/mol. The van der Waals surface area contributed by atoms with E-state index in [2.05, 4.69) is 49.3 Å². The summed E-state index contributed by atoms with van der Waals surface area (Å²) in [7, 11) is 2.18. The van der Waals surface area contributed by atoms with Crippen molar-refractivity contribution in [1.82, 2.24) is 10.2 Å². The van der Waals surface area contributed by atoms with Gasteiger partial charge in [-0.1, -0.05) is 38.0 Å². The summed E-state index contributed by atoms with van der Waals surface area (Å²) in [5.41, 5.74) is 2.50. The van der Waals surface area contributed by atoms with Crippen LogP contribution in [0.15, 0.2) is 24.3 Å². The lowest BCUT2D eigenvalue weighted by atomic mass is 9.69. The Balaban J connectivity index is 0.000000334. The third kappa shape index (κ3) is 4.79. The average Bonchev–Trinajstić information content (AvgIpc) is 3.03. The zero-order valence-corrected chi connectivity index (χ0v) is 19.5.